The van der Waals surface area contributed by atoms with Gasteiger partial charge in [-0.15, -0.1) is 0 Å². The highest BCUT2D eigenvalue weighted by atomic mass is 32.2. The van der Waals surface area contributed by atoms with Crippen LogP contribution < -0.4 is 10.5 Å². The van der Waals surface area contributed by atoms with E-state index in [0.29, 0.717) is 19.1 Å². The number of hydrogen-bond acceptors (Lipinski definition) is 4. The second kappa shape index (κ2) is 5.67. The summed E-state index contributed by atoms with van der Waals surface area (Å²) in [7, 11) is -1.75. The van der Waals surface area contributed by atoms with Crippen molar-refractivity contribution in [1.29, 1.82) is 0 Å². The lowest BCUT2D eigenvalue weighted by Gasteiger charge is -2.16. The van der Waals surface area contributed by atoms with Crippen molar-refractivity contribution in [2.24, 2.45) is 0 Å². The van der Waals surface area contributed by atoms with Crippen LogP contribution in [-0.2, 0) is 10.0 Å². The topological polar surface area (TPSA) is 75.4 Å². The van der Waals surface area contributed by atoms with Gasteiger partial charge in [-0.2, -0.15) is 0 Å². The SMILES string of the molecule is Cc1c(N)cc(S(=O)(=O)NCCN(C)C2CC2)cc1F. The molecule has 112 valence electrons. The molecule has 1 aliphatic rings. The van der Waals surface area contributed by atoms with Gasteiger partial charge < -0.3 is 10.6 Å². The third-order valence-corrected chi connectivity index (χ3v) is 5.04. The molecule has 1 aromatic carbocycles. The summed E-state index contributed by atoms with van der Waals surface area (Å²) in [4.78, 5) is 1.99. The van der Waals surface area contributed by atoms with Crippen LogP contribution in [0.5, 0.6) is 0 Å². The average Bonchev–Trinajstić information content (AvgIpc) is 3.19. The predicted octanol–water partition coefficient (Wildman–Crippen LogP) is 1.09. The summed E-state index contributed by atoms with van der Waals surface area (Å²) >= 11 is 0. The summed E-state index contributed by atoms with van der Waals surface area (Å²) in [5.41, 5.74) is 6.00. The monoisotopic (exact) mass is 301 g/mol. The maximum Gasteiger partial charge on any atom is 0.240 e. The van der Waals surface area contributed by atoms with Crippen molar-refractivity contribution in [3.63, 3.8) is 0 Å². The number of nitrogens with two attached hydrogens (primary N) is 1. The molecule has 0 spiro atoms. The Labute approximate surface area is 119 Å². The third kappa shape index (κ3) is 3.47. The van der Waals surface area contributed by atoms with Gasteiger partial charge in [-0.25, -0.2) is 17.5 Å². The van der Waals surface area contributed by atoms with E-state index in [4.69, 9.17) is 5.73 Å². The number of rotatable bonds is 6. The van der Waals surface area contributed by atoms with E-state index in [1.165, 1.54) is 25.8 Å². The highest BCUT2D eigenvalue weighted by Gasteiger charge is 2.26. The van der Waals surface area contributed by atoms with Crippen molar-refractivity contribution < 1.29 is 12.8 Å². The molecule has 1 aliphatic carbocycles. The molecule has 0 atom stereocenters. The fourth-order valence-electron chi connectivity index (χ4n) is 1.97. The minimum Gasteiger partial charge on any atom is -0.398 e. The number of nitrogens with zero attached hydrogens (tertiary/aromatic N) is 1. The molecule has 0 aliphatic heterocycles. The van der Waals surface area contributed by atoms with Crippen LogP contribution in [-0.4, -0.2) is 39.5 Å². The van der Waals surface area contributed by atoms with Crippen molar-refractivity contribution >= 4 is 15.7 Å². The Morgan fingerprint density at radius 2 is 2.10 bits per heavy atom. The number of likely N-dealkylation sites (N-methyl/N-ethyl adjacent to an activating group) is 1. The molecule has 0 amide bonds. The zero-order valence-corrected chi connectivity index (χ0v) is 12.5. The summed E-state index contributed by atoms with van der Waals surface area (Å²) in [6, 6.07) is 2.86. The zero-order valence-electron chi connectivity index (χ0n) is 11.7. The first-order valence-electron chi connectivity index (χ1n) is 6.57. The molecule has 0 heterocycles. The van der Waals surface area contributed by atoms with Crippen LogP contribution in [0.25, 0.3) is 0 Å². The highest BCUT2D eigenvalue weighted by Crippen LogP contribution is 2.25. The maximum absolute atomic E-state index is 13.6. The van der Waals surface area contributed by atoms with Crippen LogP contribution in [0.3, 0.4) is 0 Å². The summed E-state index contributed by atoms with van der Waals surface area (Å²) in [6.45, 7) is 2.44. The largest absolute Gasteiger partial charge is 0.398 e. The fourth-order valence-corrected chi connectivity index (χ4v) is 3.03. The summed E-state index contributed by atoms with van der Waals surface area (Å²) in [6.07, 6.45) is 2.34. The lowest BCUT2D eigenvalue weighted by molar-refractivity contribution is 0.329. The Kier molecular flexibility index (Phi) is 4.31. The summed E-state index contributed by atoms with van der Waals surface area (Å²) in [5.74, 6) is -0.611. The normalized spacial score (nSPS) is 15.8. The van der Waals surface area contributed by atoms with E-state index in [-0.39, 0.29) is 16.1 Å². The number of benzene rings is 1. The second-order valence-corrected chi connectivity index (χ2v) is 7.00. The van der Waals surface area contributed by atoms with Crippen LogP contribution in [0, 0.1) is 12.7 Å². The third-order valence-electron chi connectivity index (χ3n) is 3.60. The number of hydrogen-bond donors (Lipinski definition) is 2. The van der Waals surface area contributed by atoms with Gasteiger partial charge in [0.1, 0.15) is 5.82 Å². The molecule has 0 radical (unpaired) electrons. The van der Waals surface area contributed by atoms with Gasteiger partial charge in [-0.3, -0.25) is 0 Å². The molecule has 1 fully saturated rings. The molecule has 7 heteroatoms. The van der Waals surface area contributed by atoms with Gasteiger partial charge >= 0.3 is 0 Å². The van der Waals surface area contributed by atoms with E-state index in [1.54, 1.807) is 0 Å². The molecule has 5 nitrogen and oxygen atoms in total. The molecule has 0 aromatic heterocycles. The van der Waals surface area contributed by atoms with Crippen molar-refractivity contribution in [3.8, 4) is 0 Å². The van der Waals surface area contributed by atoms with Crippen LogP contribution >= 0.6 is 0 Å². The van der Waals surface area contributed by atoms with E-state index in [0.717, 1.165) is 6.07 Å². The number of nitrogens with one attached hydrogen (secondary N) is 1. The van der Waals surface area contributed by atoms with Crippen LogP contribution in [0.15, 0.2) is 17.0 Å². The van der Waals surface area contributed by atoms with Crippen molar-refractivity contribution in [1.82, 2.24) is 9.62 Å². The number of halogens is 1. The second-order valence-electron chi connectivity index (χ2n) is 5.23. The Bertz CT molecular complexity index is 577. The molecule has 0 saturated heterocycles. The lowest BCUT2D eigenvalue weighted by atomic mass is 10.2. The van der Waals surface area contributed by atoms with E-state index in [9.17, 15) is 12.8 Å². The molecule has 1 saturated carbocycles. The van der Waals surface area contributed by atoms with E-state index in [1.807, 2.05) is 7.05 Å². The lowest BCUT2D eigenvalue weighted by Crippen LogP contribution is -2.34. The summed E-state index contributed by atoms with van der Waals surface area (Å²) in [5, 5.41) is 0. The Balaban J connectivity index is 2.02. The van der Waals surface area contributed by atoms with Crippen LogP contribution in [0.4, 0.5) is 10.1 Å². The number of nitrogen functional groups attached to an aromatic ring is 1. The number of anilines is 1. The van der Waals surface area contributed by atoms with Crippen LogP contribution in [0.1, 0.15) is 18.4 Å². The first-order chi connectivity index (χ1) is 9.31. The van der Waals surface area contributed by atoms with E-state index in [2.05, 4.69) is 9.62 Å². The van der Waals surface area contributed by atoms with Gasteiger partial charge in [-0.1, -0.05) is 0 Å². The minimum absolute atomic E-state index is 0.132. The molecule has 0 unspecified atom stereocenters. The van der Waals surface area contributed by atoms with Gasteiger partial charge in [0.2, 0.25) is 10.0 Å². The molecular formula is C13H20FN3O2S. The molecule has 3 N–H and O–H groups in total. The highest BCUT2D eigenvalue weighted by molar-refractivity contribution is 7.89. The zero-order chi connectivity index (χ0) is 14.9. The van der Waals surface area contributed by atoms with E-state index >= 15 is 0 Å². The van der Waals surface area contributed by atoms with E-state index < -0.39 is 15.8 Å². The fraction of sp³-hybridized carbons (Fsp3) is 0.538. The average molecular weight is 301 g/mol. The molecule has 0 bridgehead atoms. The first kappa shape index (κ1) is 15.2. The van der Waals surface area contributed by atoms with Gasteiger partial charge in [0, 0.05) is 30.4 Å². The predicted molar refractivity (Wildman–Crippen MR) is 76.4 cm³/mol. The smallest absolute Gasteiger partial charge is 0.240 e. The van der Waals surface area contributed by atoms with Crippen molar-refractivity contribution in [2.75, 3.05) is 25.9 Å². The number of sulfonamides is 1. The molecule has 2 rings (SSSR count). The van der Waals surface area contributed by atoms with Crippen LogP contribution in [0.2, 0.25) is 0 Å². The molecular weight excluding hydrogens is 281 g/mol. The molecule has 20 heavy (non-hydrogen) atoms. The van der Waals surface area contributed by atoms with Gasteiger partial charge in [-0.05, 0) is 38.9 Å². The van der Waals surface area contributed by atoms with Crippen molar-refractivity contribution in [3.05, 3.63) is 23.5 Å². The summed E-state index contributed by atoms with van der Waals surface area (Å²) < 4.78 is 40.2. The Morgan fingerprint density at radius 3 is 2.65 bits per heavy atom. The Hall–Kier alpha value is -1.18. The van der Waals surface area contributed by atoms with Gasteiger partial charge in [0.15, 0.2) is 0 Å². The maximum atomic E-state index is 13.6. The minimum atomic E-state index is -3.72. The molecule has 1 aromatic rings. The first-order valence-corrected chi connectivity index (χ1v) is 8.05. The van der Waals surface area contributed by atoms with Gasteiger partial charge in [0.25, 0.3) is 0 Å². The quantitative estimate of drug-likeness (QED) is 0.771. The Morgan fingerprint density at radius 1 is 1.45 bits per heavy atom. The van der Waals surface area contributed by atoms with Gasteiger partial charge in [0.05, 0.1) is 4.90 Å². The van der Waals surface area contributed by atoms with Crippen molar-refractivity contribution in [2.45, 2.75) is 30.7 Å². The standard InChI is InChI=1S/C13H20FN3O2S/c1-9-12(14)7-11(8-13(9)15)20(18,19)16-5-6-17(2)10-3-4-10/h7-8,10,16H,3-6,15H2,1-2H3.